The number of carbonyl (C=O) groups excluding carboxylic acids is 2. The first-order chi connectivity index (χ1) is 18.8. The van der Waals surface area contributed by atoms with E-state index in [1.54, 1.807) is 0 Å². The average Bonchev–Trinajstić information content (AvgIpc) is 3.17. The summed E-state index contributed by atoms with van der Waals surface area (Å²) >= 11 is 12.1. The molecule has 1 heterocycles. The van der Waals surface area contributed by atoms with Crippen molar-refractivity contribution in [3.63, 3.8) is 0 Å². The number of nitriles is 1. The molecule has 2 aromatic rings. The number of hydrogen-bond acceptors (Lipinski definition) is 7. The van der Waals surface area contributed by atoms with Gasteiger partial charge in [-0.15, -0.1) is 0 Å². The van der Waals surface area contributed by atoms with E-state index >= 15 is 8.78 Å². The number of rotatable bonds is 11. The minimum Gasteiger partial charge on any atom is -0.462 e. The summed E-state index contributed by atoms with van der Waals surface area (Å²) in [5, 5.41) is 33.4. The van der Waals surface area contributed by atoms with E-state index in [4.69, 9.17) is 33.7 Å². The van der Waals surface area contributed by atoms with Gasteiger partial charge < -0.3 is 20.7 Å². The fraction of sp³-hybridized carbons (Fsp3) is 0.464. The molecule has 1 aliphatic heterocycles. The number of halogens is 4. The van der Waals surface area contributed by atoms with Gasteiger partial charge in [0.2, 0.25) is 5.91 Å². The summed E-state index contributed by atoms with van der Waals surface area (Å²) in [7, 11) is 0. The van der Waals surface area contributed by atoms with E-state index < -0.39 is 71.5 Å². The predicted molar refractivity (Wildman–Crippen MR) is 144 cm³/mol. The first-order valence-electron chi connectivity index (χ1n) is 12.6. The second-order valence-corrected chi connectivity index (χ2v) is 11.6. The average molecular weight is 598 g/mol. The number of ether oxygens (including phenoxy) is 1. The second-order valence-electron chi connectivity index (χ2n) is 10.7. The van der Waals surface area contributed by atoms with E-state index in [0.29, 0.717) is 6.42 Å². The Morgan fingerprint density at radius 1 is 1.27 bits per heavy atom. The summed E-state index contributed by atoms with van der Waals surface area (Å²) in [5.41, 5.74) is 2.35. The van der Waals surface area contributed by atoms with Crippen LogP contribution in [0.15, 0.2) is 36.4 Å². The highest BCUT2D eigenvalue weighted by molar-refractivity contribution is 6.31. The zero-order valence-corrected chi connectivity index (χ0v) is 23.5. The highest BCUT2D eigenvalue weighted by Crippen LogP contribution is 2.53. The molecule has 1 saturated heterocycles. The first-order valence-corrected chi connectivity index (χ1v) is 13.3. The smallest absolute Gasteiger partial charge is 0.323 e. The number of nitrogens with zero attached hydrogens (tertiary/aromatic N) is 1. The van der Waals surface area contributed by atoms with Crippen LogP contribution >= 0.6 is 23.2 Å². The number of nitrogens with one attached hydrogen (secondary N) is 1. The van der Waals surface area contributed by atoms with Gasteiger partial charge in [0.05, 0.1) is 23.6 Å². The number of hydrogen-bond donors (Lipinski definition) is 4. The van der Waals surface area contributed by atoms with Crippen LogP contribution in [0.4, 0.5) is 8.78 Å². The molecule has 0 aromatic heterocycles. The van der Waals surface area contributed by atoms with Gasteiger partial charge in [0, 0.05) is 29.2 Å². The number of aliphatic hydroxyl groups excluding tert-OH is 2. The predicted octanol–water partition coefficient (Wildman–Crippen LogP) is 3.74. The Morgan fingerprint density at radius 3 is 2.58 bits per heavy atom. The lowest BCUT2D eigenvalue weighted by Crippen LogP contribution is -2.45. The molecule has 0 unspecified atom stereocenters. The lowest BCUT2D eigenvalue weighted by Gasteiger charge is -2.38. The van der Waals surface area contributed by atoms with Crippen molar-refractivity contribution in [1.82, 2.24) is 5.32 Å². The van der Waals surface area contributed by atoms with Crippen molar-refractivity contribution in [3.05, 3.63) is 69.2 Å². The van der Waals surface area contributed by atoms with Gasteiger partial charge in [0.15, 0.2) is 0 Å². The van der Waals surface area contributed by atoms with Gasteiger partial charge >= 0.3 is 5.97 Å². The third-order valence-electron chi connectivity index (χ3n) is 7.29. The van der Waals surface area contributed by atoms with Crippen LogP contribution in [-0.4, -0.2) is 53.5 Å². The molecule has 0 spiro atoms. The second kappa shape index (κ2) is 12.8. The molecule has 5 N–H and O–H groups in total. The minimum absolute atomic E-state index is 0.0716. The summed E-state index contributed by atoms with van der Waals surface area (Å²) in [6, 6.07) is 7.71. The third kappa shape index (κ3) is 6.56. The molecule has 2 aromatic carbocycles. The van der Waals surface area contributed by atoms with Crippen molar-refractivity contribution in [2.75, 3.05) is 13.2 Å². The lowest BCUT2D eigenvalue weighted by molar-refractivity contribution is -0.150. The molecule has 12 heteroatoms. The van der Waals surface area contributed by atoms with E-state index in [1.807, 2.05) is 13.8 Å². The van der Waals surface area contributed by atoms with E-state index in [0.717, 1.165) is 6.07 Å². The molecule has 40 heavy (non-hydrogen) atoms. The van der Waals surface area contributed by atoms with E-state index in [9.17, 15) is 25.1 Å². The monoisotopic (exact) mass is 597 g/mol. The summed E-state index contributed by atoms with van der Waals surface area (Å²) in [5.74, 6) is -4.87. The molecule has 0 saturated carbocycles. The molecule has 1 aliphatic rings. The highest BCUT2D eigenvalue weighted by atomic mass is 35.5. The maximum absolute atomic E-state index is 15.6. The van der Waals surface area contributed by atoms with E-state index in [-0.39, 0.29) is 34.2 Å². The zero-order valence-electron chi connectivity index (χ0n) is 22.0. The number of carbonyl (C=O) groups is 2. The quantitative estimate of drug-likeness (QED) is 0.289. The Bertz CT molecular complexity index is 1310. The molecular formula is C28H31Cl2F2N3O5. The molecule has 216 valence electrons. The van der Waals surface area contributed by atoms with Crippen molar-refractivity contribution in [2.45, 2.75) is 62.6 Å². The molecular weight excluding hydrogens is 567 g/mol. The Labute approximate surface area is 241 Å². The third-order valence-corrected chi connectivity index (χ3v) is 7.81. The standard InChI is InChI=1S/C28H31Cl2F2N3O5/c1-27(2,8-9-36)12-21-28(14-33,18-7-6-15(29)10-20(18)31)23(17-4-3-5-19(30)24(17)32)25(35-21)26(39)40-13-16(37)11-22(34)38/h3-7,10,16,21,23,25,35-37H,8-9,11-13H2,1-2H3,(H2,34,38)/t16-,21-,23-,25+,28-/m0/s1. The highest BCUT2D eigenvalue weighted by Gasteiger charge is 2.61. The van der Waals surface area contributed by atoms with E-state index in [1.165, 1.54) is 30.3 Å². The number of nitrogens with two attached hydrogens (primary N) is 1. The van der Waals surface area contributed by atoms with Gasteiger partial charge in [-0.25, -0.2) is 8.78 Å². The van der Waals surface area contributed by atoms with Crippen LogP contribution in [0.25, 0.3) is 0 Å². The maximum Gasteiger partial charge on any atom is 0.323 e. The van der Waals surface area contributed by atoms with Gasteiger partial charge in [-0.2, -0.15) is 5.26 Å². The molecule has 1 amide bonds. The molecule has 0 bridgehead atoms. The number of esters is 1. The Kier molecular flexibility index (Phi) is 10.1. The first kappa shape index (κ1) is 31.7. The van der Waals surface area contributed by atoms with Crippen molar-refractivity contribution in [3.8, 4) is 6.07 Å². The Hall–Kier alpha value is -2.81. The summed E-state index contributed by atoms with van der Waals surface area (Å²) in [6.45, 7) is 2.92. The molecule has 3 rings (SSSR count). The topological polar surface area (TPSA) is 146 Å². The van der Waals surface area contributed by atoms with Crippen LogP contribution in [0, 0.1) is 28.4 Å². The molecule has 1 fully saturated rings. The van der Waals surface area contributed by atoms with Crippen LogP contribution in [0.2, 0.25) is 10.0 Å². The number of primary amides is 1. The van der Waals surface area contributed by atoms with Gasteiger partial charge in [-0.1, -0.05) is 55.2 Å². The Morgan fingerprint density at radius 2 is 1.98 bits per heavy atom. The van der Waals surface area contributed by atoms with Crippen LogP contribution in [0.3, 0.4) is 0 Å². The van der Waals surface area contributed by atoms with Crippen molar-refractivity contribution >= 4 is 35.1 Å². The minimum atomic E-state index is -1.89. The summed E-state index contributed by atoms with van der Waals surface area (Å²) in [6.07, 6.45) is -1.37. The summed E-state index contributed by atoms with van der Waals surface area (Å²) in [4.78, 5) is 24.6. The largest absolute Gasteiger partial charge is 0.462 e. The van der Waals surface area contributed by atoms with Crippen molar-refractivity contribution in [1.29, 1.82) is 5.26 Å². The van der Waals surface area contributed by atoms with Gasteiger partial charge in [0.25, 0.3) is 0 Å². The normalized spacial score (nSPS) is 23.4. The summed E-state index contributed by atoms with van der Waals surface area (Å²) < 4.78 is 36.6. The molecule has 5 atom stereocenters. The van der Waals surface area contributed by atoms with Crippen LogP contribution in [-0.2, 0) is 19.7 Å². The number of amides is 1. The fourth-order valence-corrected chi connectivity index (χ4v) is 5.78. The van der Waals surface area contributed by atoms with Gasteiger partial charge in [0.1, 0.15) is 29.7 Å². The fourth-order valence-electron chi connectivity index (χ4n) is 5.44. The zero-order chi connectivity index (χ0) is 29.8. The van der Waals surface area contributed by atoms with Crippen LogP contribution < -0.4 is 11.1 Å². The molecule has 8 nitrogen and oxygen atoms in total. The van der Waals surface area contributed by atoms with Crippen molar-refractivity contribution < 1.29 is 33.3 Å². The number of benzene rings is 2. The maximum atomic E-state index is 15.6. The van der Waals surface area contributed by atoms with E-state index in [2.05, 4.69) is 11.4 Å². The van der Waals surface area contributed by atoms with Gasteiger partial charge in [-0.05, 0) is 42.0 Å². The van der Waals surface area contributed by atoms with Crippen molar-refractivity contribution in [2.24, 2.45) is 11.1 Å². The molecule has 0 radical (unpaired) electrons. The van der Waals surface area contributed by atoms with Crippen LogP contribution in [0.5, 0.6) is 0 Å². The lowest BCUT2D eigenvalue weighted by atomic mass is 9.62. The SMILES string of the molecule is CC(C)(CCO)C[C@@H]1N[C@@H](C(=O)OC[C@@H](O)CC(N)=O)[C@H](c2cccc(Cl)c2F)[C@@]1(C#N)c1ccc(Cl)cc1F. The Balaban J connectivity index is 2.24. The molecule has 0 aliphatic carbocycles. The van der Waals surface area contributed by atoms with Gasteiger partial charge in [-0.3, -0.25) is 14.9 Å². The van der Waals surface area contributed by atoms with Crippen LogP contribution in [0.1, 0.15) is 50.2 Å². The number of aliphatic hydroxyl groups is 2.